The quantitative estimate of drug-likeness (QED) is 0.838. The van der Waals surface area contributed by atoms with Gasteiger partial charge in [-0.15, -0.1) is 11.8 Å². The molecule has 1 unspecified atom stereocenters. The maximum absolute atomic E-state index is 5.73. The Morgan fingerprint density at radius 1 is 1.29 bits per heavy atom. The van der Waals surface area contributed by atoms with Crippen LogP contribution < -0.4 is 15.2 Å². The minimum absolute atomic E-state index is 0.267. The first-order valence-corrected chi connectivity index (χ1v) is 7.02. The summed E-state index contributed by atoms with van der Waals surface area (Å²) < 4.78 is 11.2. The second-order valence-electron chi connectivity index (χ2n) is 4.27. The number of thioether (sulfide) groups is 1. The van der Waals surface area contributed by atoms with Gasteiger partial charge in [-0.3, -0.25) is 0 Å². The van der Waals surface area contributed by atoms with Crippen LogP contribution in [0.15, 0.2) is 23.1 Å². The summed E-state index contributed by atoms with van der Waals surface area (Å²) in [7, 11) is 0. The minimum atomic E-state index is 0.267. The molecule has 0 aromatic heterocycles. The molecular weight excluding hydrogens is 234 g/mol. The maximum Gasteiger partial charge on any atom is 0.162 e. The highest BCUT2D eigenvalue weighted by Gasteiger charge is 2.10. The van der Waals surface area contributed by atoms with Crippen LogP contribution in [0.3, 0.4) is 0 Å². The number of benzene rings is 1. The van der Waals surface area contributed by atoms with E-state index in [4.69, 9.17) is 15.2 Å². The van der Waals surface area contributed by atoms with E-state index in [-0.39, 0.29) is 6.04 Å². The number of rotatable bonds is 4. The Morgan fingerprint density at radius 2 is 2.06 bits per heavy atom. The molecule has 1 aliphatic heterocycles. The summed E-state index contributed by atoms with van der Waals surface area (Å²) >= 11 is 1.81. The van der Waals surface area contributed by atoms with Gasteiger partial charge in [0.2, 0.25) is 0 Å². The topological polar surface area (TPSA) is 44.5 Å². The summed E-state index contributed by atoms with van der Waals surface area (Å²) in [5.41, 5.74) is 5.73. The molecule has 0 amide bonds. The highest BCUT2D eigenvalue weighted by Crippen LogP contribution is 2.34. The fraction of sp³-hybridized carbons (Fsp3) is 0.538. The third-order valence-electron chi connectivity index (χ3n) is 2.56. The highest BCUT2D eigenvalue weighted by atomic mass is 32.2. The van der Waals surface area contributed by atoms with Crippen molar-refractivity contribution in [2.45, 2.75) is 30.7 Å². The van der Waals surface area contributed by atoms with E-state index in [0.717, 1.165) is 43.3 Å². The van der Waals surface area contributed by atoms with Crippen LogP contribution >= 0.6 is 11.8 Å². The number of hydrogen-bond acceptors (Lipinski definition) is 4. The lowest BCUT2D eigenvalue weighted by molar-refractivity contribution is 0.297. The first-order valence-electron chi connectivity index (χ1n) is 6.04. The lowest BCUT2D eigenvalue weighted by Crippen LogP contribution is -2.15. The zero-order valence-corrected chi connectivity index (χ0v) is 11.0. The Kier molecular flexibility index (Phi) is 4.57. The third-order valence-corrected chi connectivity index (χ3v) is 3.59. The highest BCUT2D eigenvalue weighted by molar-refractivity contribution is 7.99. The Hall–Kier alpha value is -0.870. The lowest BCUT2D eigenvalue weighted by Gasteiger charge is -2.09. The predicted octanol–water partition coefficient (Wildman–Crippen LogP) is 2.68. The van der Waals surface area contributed by atoms with Crippen molar-refractivity contribution in [2.75, 3.05) is 19.0 Å². The van der Waals surface area contributed by atoms with Crippen molar-refractivity contribution in [3.8, 4) is 11.5 Å². The molecule has 0 bridgehead atoms. The number of ether oxygens (including phenoxy) is 2. The third kappa shape index (κ3) is 3.82. The van der Waals surface area contributed by atoms with Crippen LogP contribution in [0, 0.1) is 0 Å². The summed E-state index contributed by atoms with van der Waals surface area (Å²) in [6.07, 6.45) is 1.97. The number of nitrogens with two attached hydrogens (primary N) is 1. The van der Waals surface area contributed by atoms with Crippen LogP contribution in [0.1, 0.15) is 19.8 Å². The molecule has 1 heterocycles. The van der Waals surface area contributed by atoms with Crippen LogP contribution in [-0.4, -0.2) is 25.0 Å². The van der Waals surface area contributed by atoms with E-state index >= 15 is 0 Å². The van der Waals surface area contributed by atoms with Gasteiger partial charge in [-0.25, -0.2) is 0 Å². The SMILES string of the molecule is CC(N)CCSc1ccc2c(c1)OCCCO2. The standard InChI is InChI=1S/C13H19NO2S/c1-10(14)5-8-17-11-3-4-12-13(9-11)16-7-2-6-15-12/h3-4,9-10H,2,5-8,14H2,1H3. The van der Waals surface area contributed by atoms with Gasteiger partial charge in [0.25, 0.3) is 0 Å². The molecule has 0 saturated carbocycles. The van der Waals surface area contributed by atoms with Crippen LogP contribution in [0.4, 0.5) is 0 Å². The van der Waals surface area contributed by atoms with E-state index in [1.807, 2.05) is 24.8 Å². The van der Waals surface area contributed by atoms with Gasteiger partial charge in [-0.2, -0.15) is 0 Å². The molecule has 1 aromatic rings. The summed E-state index contributed by atoms with van der Waals surface area (Å²) in [4.78, 5) is 1.22. The molecule has 0 aliphatic carbocycles. The van der Waals surface area contributed by atoms with Gasteiger partial charge in [0, 0.05) is 17.4 Å². The monoisotopic (exact) mass is 253 g/mol. The molecule has 0 fully saturated rings. The molecular formula is C13H19NO2S. The first kappa shape index (κ1) is 12.6. The molecule has 4 heteroatoms. The molecule has 0 saturated heterocycles. The van der Waals surface area contributed by atoms with Gasteiger partial charge in [-0.05, 0) is 37.3 Å². The van der Waals surface area contributed by atoms with Gasteiger partial charge in [-0.1, -0.05) is 0 Å². The van der Waals surface area contributed by atoms with Crippen LogP contribution in [0.5, 0.6) is 11.5 Å². The van der Waals surface area contributed by atoms with Crippen molar-refractivity contribution >= 4 is 11.8 Å². The average molecular weight is 253 g/mol. The molecule has 1 aliphatic rings. The fourth-order valence-corrected chi connectivity index (χ4v) is 2.68. The molecule has 0 radical (unpaired) electrons. The molecule has 94 valence electrons. The second kappa shape index (κ2) is 6.17. The normalized spacial score (nSPS) is 16.4. The predicted molar refractivity (Wildman–Crippen MR) is 71.0 cm³/mol. The molecule has 3 nitrogen and oxygen atoms in total. The Bertz CT molecular complexity index is 368. The van der Waals surface area contributed by atoms with Gasteiger partial charge >= 0.3 is 0 Å². The zero-order chi connectivity index (χ0) is 12.1. The molecule has 1 atom stereocenters. The van der Waals surface area contributed by atoms with Gasteiger partial charge in [0.1, 0.15) is 0 Å². The summed E-state index contributed by atoms with van der Waals surface area (Å²) in [6, 6.07) is 6.41. The zero-order valence-electron chi connectivity index (χ0n) is 10.1. The first-order chi connectivity index (χ1) is 8.25. The largest absolute Gasteiger partial charge is 0.490 e. The summed E-state index contributed by atoms with van der Waals surface area (Å²) in [5, 5.41) is 0. The van der Waals surface area contributed by atoms with Gasteiger partial charge in [0.05, 0.1) is 13.2 Å². The molecule has 2 rings (SSSR count). The van der Waals surface area contributed by atoms with Crippen molar-refractivity contribution in [3.05, 3.63) is 18.2 Å². The van der Waals surface area contributed by atoms with Crippen LogP contribution in [-0.2, 0) is 0 Å². The van der Waals surface area contributed by atoms with Crippen molar-refractivity contribution in [1.29, 1.82) is 0 Å². The molecule has 1 aromatic carbocycles. The second-order valence-corrected chi connectivity index (χ2v) is 5.44. The molecule has 17 heavy (non-hydrogen) atoms. The smallest absolute Gasteiger partial charge is 0.162 e. The summed E-state index contributed by atoms with van der Waals surface area (Å²) in [6.45, 7) is 3.51. The van der Waals surface area contributed by atoms with Gasteiger partial charge < -0.3 is 15.2 Å². The Morgan fingerprint density at radius 3 is 2.82 bits per heavy atom. The van der Waals surface area contributed by atoms with E-state index in [1.54, 1.807) is 0 Å². The Labute approximate surface area is 107 Å². The maximum atomic E-state index is 5.73. The van der Waals surface area contributed by atoms with Crippen molar-refractivity contribution in [2.24, 2.45) is 5.73 Å². The van der Waals surface area contributed by atoms with Crippen molar-refractivity contribution < 1.29 is 9.47 Å². The summed E-state index contributed by atoms with van der Waals surface area (Å²) in [5.74, 6) is 2.77. The number of fused-ring (bicyclic) bond motifs is 1. The van der Waals surface area contributed by atoms with Crippen LogP contribution in [0.25, 0.3) is 0 Å². The van der Waals surface area contributed by atoms with E-state index in [9.17, 15) is 0 Å². The van der Waals surface area contributed by atoms with Gasteiger partial charge in [0.15, 0.2) is 11.5 Å². The fourth-order valence-electron chi connectivity index (χ4n) is 1.60. The van der Waals surface area contributed by atoms with E-state index < -0.39 is 0 Å². The molecule has 0 spiro atoms. The van der Waals surface area contributed by atoms with Crippen LogP contribution in [0.2, 0.25) is 0 Å². The molecule has 2 N–H and O–H groups in total. The number of hydrogen-bond donors (Lipinski definition) is 1. The Balaban J connectivity index is 1.97. The van der Waals surface area contributed by atoms with E-state index in [0.29, 0.717) is 0 Å². The van der Waals surface area contributed by atoms with E-state index in [2.05, 4.69) is 12.1 Å². The lowest BCUT2D eigenvalue weighted by atomic mass is 10.3. The van der Waals surface area contributed by atoms with Crippen molar-refractivity contribution in [3.63, 3.8) is 0 Å². The average Bonchev–Trinajstić information content (AvgIpc) is 2.53. The van der Waals surface area contributed by atoms with E-state index in [1.165, 1.54) is 4.90 Å². The minimum Gasteiger partial charge on any atom is -0.490 e. The van der Waals surface area contributed by atoms with Crippen molar-refractivity contribution in [1.82, 2.24) is 0 Å².